The lowest BCUT2D eigenvalue weighted by Gasteiger charge is -2.21. The first-order valence-electron chi connectivity index (χ1n) is 4.14. The molecule has 1 aliphatic heterocycles. The fourth-order valence-electron chi connectivity index (χ4n) is 1.37. The summed E-state index contributed by atoms with van der Waals surface area (Å²) in [6, 6.07) is 0. The molecule has 1 saturated heterocycles. The molecule has 5 atom stereocenters. The summed E-state index contributed by atoms with van der Waals surface area (Å²) in [5, 5.41) is 36.4. The molecule has 9 heteroatoms. The number of ether oxygens (including phenoxy) is 1. The fourth-order valence-corrected chi connectivity index (χ4v) is 2.00. The van der Waals surface area contributed by atoms with Crippen LogP contribution in [0.3, 0.4) is 0 Å². The van der Waals surface area contributed by atoms with Gasteiger partial charge in [-0.3, -0.25) is 4.57 Å². The van der Waals surface area contributed by atoms with Crippen molar-refractivity contribution in [3.63, 3.8) is 0 Å². The maximum absolute atomic E-state index is 10.7. The van der Waals surface area contributed by atoms with Gasteiger partial charge in [0.05, 0.1) is 6.61 Å². The standard InChI is InChI=1S/C6H13O8P/c7-1-2-3(8)4(9)5(14-2)6(10)15(11,12)13/h2-10H,1H2,(H2,11,12,13)/t2-,3-,4+,5+,6+/m1/s1. The minimum atomic E-state index is -4.83. The summed E-state index contributed by atoms with van der Waals surface area (Å²) in [5.74, 6) is -2.22. The molecule has 90 valence electrons. The topological polar surface area (TPSA) is 148 Å². The lowest BCUT2D eigenvalue weighted by atomic mass is 10.1. The first-order valence-corrected chi connectivity index (χ1v) is 5.83. The maximum Gasteiger partial charge on any atom is 0.356 e. The highest BCUT2D eigenvalue weighted by molar-refractivity contribution is 7.52. The molecular weight excluding hydrogens is 231 g/mol. The Balaban J connectivity index is 2.77. The fraction of sp³-hybridized carbons (Fsp3) is 1.00. The van der Waals surface area contributed by atoms with Crippen LogP contribution in [0.25, 0.3) is 0 Å². The Kier molecular flexibility index (Phi) is 3.85. The smallest absolute Gasteiger partial charge is 0.356 e. The second-order valence-corrected chi connectivity index (χ2v) is 5.01. The Morgan fingerprint density at radius 3 is 2.13 bits per heavy atom. The van der Waals surface area contributed by atoms with Crippen molar-refractivity contribution in [2.75, 3.05) is 6.61 Å². The molecule has 0 saturated carbocycles. The third-order valence-electron chi connectivity index (χ3n) is 2.22. The minimum Gasteiger partial charge on any atom is -0.394 e. The first-order chi connectivity index (χ1) is 6.79. The summed E-state index contributed by atoms with van der Waals surface area (Å²) in [6.07, 6.45) is -5.91. The van der Waals surface area contributed by atoms with Gasteiger partial charge in [0, 0.05) is 0 Å². The minimum absolute atomic E-state index is 0.622. The molecule has 0 aromatic heterocycles. The van der Waals surface area contributed by atoms with E-state index >= 15 is 0 Å². The Labute approximate surface area is 84.9 Å². The van der Waals surface area contributed by atoms with Gasteiger partial charge in [0.25, 0.3) is 0 Å². The van der Waals surface area contributed by atoms with E-state index in [4.69, 9.17) is 24.7 Å². The van der Waals surface area contributed by atoms with E-state index in [1.807, 2.05) is 0 Å². The largest absolute Gasteiger partial charge is 0.394 e. The van der Waals surface area contributed by atoms with E-state index in [-0.39, 0.29) is 0 Å². The molecule has 0 amide bonds. The highest BCUT2D eigenvalue weighted by Gasteiger charge is 2.50. The van der Waals surface area contributed by atoms with Crippen molar-refractivity contribution in [1.29, 1.82) is 0 Å². The average molecular weight is 244 g/mol. The summed E-state index contributed by atoms with van der Waals surface area (Å²) >= 11 is 0. The summed E-state index contributed by atoms with van der Waals surface area (Å²) in [7, 11) is -4.83. The number of hydrogen-bond donors (Lipinski definition) is 6. The lowest BCUT2D eigenvalue weighted by molar-refractivity contribution is -0.0563. The Hall–Kier alpha value is -0.0500. The van der Waals surface area contributed by atoms with Gasteiger partial charge in [-0.05, 0) is 0 Å². The van der Waals surface area contributed by atoms with Crippen LogP contribution in [-0.4, -0.2) is 67.1 Å². The predicted octanol–water partition coefficient (Wildman–Crippen LogP) is -3.04. The van der Waals surface area contributed by atoms with Gasteiger partial charge in [0.2, 0.25) is 0 Å². The van der Waals surface area contributed by atoms with Crippen LogP contribution in [0.15, 0.2) is 0 Å². The molecule has 1 fully saturated rings. The van der Waals surface area contributed by atoms with E-state index in [1.54, 1.807) is 0 Å². The molecule has 0 bridgehead atoms. The van der Waals surface area contributed by atoms with Crippen LogP contribution >= 0.6 is 7.60 Å². The monoisotopic (exact) mass is 244 g/mol. The number of rotatable bonds is 3. The lowest BCUT2D eigenvalue weighted by Crippen LogP contribution is -2.38. The molecule has 15 heavy (non-hydrogen) atoms. The molecule has 6 N–H and O–H groups in total. The van der Waals surface area contributed by atoms with Crippen molar-refractivity contribution in [3.05, 3.63) is 0 Å². The molecule has 1 heterocycles. The highest BCUT2D eigenvalue weighted by atomic mass is 31.2. The maximum atomic E-state index is 10.7. The zero-order chi connectivity index (χ0) is 11.8. The van der Waals surface area contributed by atoms with Gasteiger partial charge >= 0.3 is 7.60 Å². The van der Waals surface area contributed by atoms with Crippen molar-refractivity contribution in [2.24, 2.45) is 0 Å². The molecule has 0 unspecified atom stereocenters. The van der Waals surface area contributed by atoms with E-state index in [0.717, 1.165) is 0 Å². The summed E-state index contributed by atoms with van der Waals surface area (Å²) < 4.78 is 15.4. The van der Waals surface area contributed by atoms with E-state index < -0.39 is 44.5 Å². The van der Waals surface area contributed by atoms with Crippen molar-refractivity contribution < 1.29 is 39.5 Å². The molecule has 1 rings (SSSR count). The van der Waals surface area contributed by atoms with Gasteiger partial charge < -0.3 is 34.9 Å². The third-order valence-corrected chi connectivity index (χ3v) is 3.20. The third kappa shape index (κ3) is 2.55. The molecule has 0 aromatic carbocycles. The van der Waals surface area contributed by atoms with E-state index in [2.05, 4.69) is 0 Å². The van der Waals surface area contributed by atoms with Crippen LogP contribution in [0.1, 0.15) is 0 Å². The summed E-state index contributed by atoms with van der Waals surface area (Å²) in [6.45, 7) is -0.622. The van der Waals surface area contributed by atoms with E-state index in [9.17, 15) is 14.8 Å². The Morgan fingerprint density at radius 2 is 1.80 bits per heavy atom. The predicted molar refractivity (Wildman–Crippen MR) is 45.8 cm³/mol. The number of hydrogen-bond acceptors (Lipinski definition) is 6. The summed E-state index contributed by atoms with van der Waals surface area (Å²) in [4.78, 5) is 17.3. The van der Waals surface area contributed by atoms with Crippen LogP contribution in [0.5, 0.6) is 0 Å². The van der Waals surface area contributed by atoms with Crippen molar-refractivity contribution in [2.45, 2.75) is 30.3 Å². The van der Waals surface area contributed by atoms with Crippen LogP contribution in [0, 0.1) is 0 Å². The van der Waals surface area contributed by atoms with Gasteiger partial charge in [-0.2, -0.15) is 0 Å². The van der Waals surface area contributed by atoms with E-state index in [0.29, 0.717) is 0 Å². The molecule has 0 aromatic rings. The Morgan fingerprint density at radius 1 is 1.27 bits per heavy atom. The highest BCUT2D eigenvalue weighted by Crippen LogP contribution is 2.44. The van der Waals surface area contributed by atoms with Crippen molar-refractivity contribution >= 4 is 7.60 Å². The average Bonchev–Trinajstić information content (AvgIpc) is 2.41. The molecular formula is C6H13O8P. The first kappa shape index (κ1) is 13.0. The van der Waals surface area contributed by atoms with Crippen LogP contribution in [-0.2, 0) is 9.30 Å². The molecule has 0 radical (unpaired) electrons. The number of aliphatic hydroxyl groups excluding tert-OH is 4. The van der Waals surface area contributed by atoms with Gasteiger partial charge in [-0.25, -0.2) is 0 Å². The van der Waals surface area contributed by atoms with Crippen LogP contribution in [0.2, 0.25) is 0 Å². The van der Waals surface area contributed by atoms with E-state index in [1.165, 1.54) is 0 Å². The second kappa shape index (κ2) is 4.44. The molecule has 0 aliphatic carbocycles. The molecule has 8 nitrogen and oxygen atoms in total. The van der Waals surface area contributed by atoms with Crippen LogP contribution < -0.4 is 0 Å². The van der Waals surface area contributed by atoms with Crippen LogP contribution in [0.4, 0.5) is 0 Å². The summed E-state index contributed by atoms with van der Waals surface area (Å²) in [5.41, 5.74) is 0. The van der Waals surface area contributed by atoms with Crippen molar-refractivity contribution in [3.8, 4) is 0 Å². The van der Waals surface area contributed by atoms with Gasteiger partial charge in [-0.1, -0.05) is 0 Å². The van der Waals surface area contributed by atoms with Gasteiger partial charge in [0.1, 0.15) is 24.4 Å². The van der Waals surface area contributed by atoms with Crippen molar-refractivity contribution in [1.82, 2.24) is 0 Å². The zero-order valence-corrected chi connectivity index (χ0v) is 8.44. The normalized spacial score (nSPS) is 39.3. The van der Waals surface area contributed by atoms with Gasteiger partial charge in [-0.15, -0.1) is 0 Å². The number of aliphatic hydroxyl groups is 4. The second-order valence-electron chi connectivity index (χ2n) is 3.31. The molecule has 1 aliphatic rings. The quantitative estimate of drug-likeness (QED) is 0.287. The zero-order valence-electron chi connectivity index (χ0n) is 7.54. The Bertz CT molecular complexity index is 264. The SMILES string of the molecule is O=P(O)(O)[C@H](O)[C@H]1O[C@H](CO)[C@@H](O)[C@@H]1O. The molecule has 0 spiro atoms. The van der Waals surface area contributed by atoms with Gasteiger partial charge in [0.15, 0.2) is 5.85 Å².